The van der Waals surface area contributed by atoms with Crippen LogP contribution in [-0.4, -0.2) is 48.1 Å². The molecule has 11 rings (SSSR count). The van der Waals surface area contributed by atoms with Gasteiger partial charge in [-0.2, -0.15) is 0 Å². The predicted octanol–water partition coefficient (Wildman–Crippen LogP) is 16.8. The first-order valence-electron chi connectivity index (χ1n) is 26.0. The molecule has 9 nitrogen and oxygen atoms in total. The van der Waals surface area contributed by atoms with E-state index in [9.17, 15) is 9.90 Å². The second-order valence-electron chi connectivity index (χ2n) is 22.9. The molecule has 380 valence electrons. The minimum Gasteiger partial charge on any atom is -0.507 e. The lowest BCUT2D eigenvalue weighted by atomic mass is 9.79. The van der Waals surface area contributed by atoms with Crippen molar-refractivity contribution in [3.05, 3.63) is 176 Å². The molecular weight excluding hydrogens is 937 g/mol. The van der Waals surface area contributed by atoms with Crippen LogP contribution in [0.5, 0.6) is 5.75 Å². The van der Waals surface area contributed by atoms with Gasteiger partial charge in [-0.1, -0.05) is 101 Å². The van der Waals surface area contributed by atoms with E-state index < -0.39 is 5.97 Å². The molecule has 0 spiro atoms. The number of aryl methyl sites for hydroxylation is 6. The van der Waals surface area contributed by atoms with E-state index in [0.29, 0.717) is 17.0 Å². The van der Waals surface area contributed by atoms with Crippen LogP contribution in [0.2, 0.25) is 0 Å². The number of phenols is 1. The first kappa shape index (κ1) is 49.6. The van der Waals surface area contributed by atoms with Gasteiger partial charge in [0.2, 0.25) is 0 Å². The summed E-state index contributed by atoms with van der Waals surface area (Å²) < 4.78 is 5.09. The van der Waals surface area contributed by atoms with Crippen molar-refractivity contribution in [3.63, 3.8) is 0 Å². The Morgan fingerprint density at radius 2 is 0.908 bits per heavy atom. The number of carbonyl (C=O) groups excluding carboxylic acids is 1. The molecule has 2 aliphatic heterocycles. The Morgan fingerprint density at radius 1 is 0.474 bits per heavy atom. The molecule has 2 aliphatic rings. The highest BCUT2D eigenvalue weighted by Crippen LogP contribution is 2.44. The number of imidazole rings is 1. The van der Waals surface area contributed by atoms with Crippen molar-refractivity contribution in [2.45, 2.75) is 93.9 Å². The summed E-state index contributed by atoms with van der Waals surface area (Å²) in [5, 5.41) is 11.9. The molecule has 4 N–H and O–H groups in total. The smallest absolute Gasteiger partial charge is 0.337 e. The second kappa shape index (κ2) is 18.4. The molecule has 9 aromatic rings. The Kier molecular flexibility index (Phi) is 12.0. The van der Waals surface area contributed by atoms with E-state index in [0.717, 1.165) is 134 Å². The number of aromatic amines is 3. The van der Waals surface area contributed by atoms with Crippen molar-refractivity contribution in [1.82, 2.24) is 29.9 Å². The minimum atomic E-state index is -0.395. The maximum atomic E-state index is 12.7. The number of H-pyrrole nitrogens is 3. The summed E-state index contributed by atoms with van der Waals surface area (Å²) in [6.45, 7) is 25.9. The Bertz CT molecular complexity index is 4040. The molecule has 76 heavy (non-hydrogen) atoms. The van der Waals surface area contributed by atoms with Crippen molar-refractivity contribution in [3.8, 4) is 61.6 Å². The molecule has 0 saturated heterocycles. The van der Waals surface area contributed by atoms with Gasteiger partial charge in [0, 0.05) is 49.9 Å². The quantitative estimate of drug-likeness (QED) is 0.123. The Hall–Kier alpha value is -8.56. The highest BCUT2D eigenvalue weighted by molar-refractivity contribution is 6.02. The van der Waals surface area contributed by atoms with Crippen LogP contribution in [0.1, 0.15) is 119 Å². The number of aromatic nitrogens is 6. The molecule has 0 unspecified atom stereocenters. The van der Waals surface area contributed by atoms with Crippen LogP contribution >= 0.6 is 0 Å². The molecule has 4 aromatic heterocycles. The summed E-state index contributed by atoms with van der Waals surface area (Å²) in [4.78, 5) is 40.5. The van der Waals surface area contributed by atoms with Crippen LogP contribution in [0, 0.1) is 41.5 Å². The van der Waals surface area contributed by atoms with Crippen molar-refractivity contribution >= 4 is 63.4 Å². The normalized spacial score (nSPS) is 12.5. The highest BCUT2D eigenvalue weighted by Gasteiger charge is 2.28. The lowest BCUT2D eigenvalue weighted by Crippen LogP contribution is -2.17. The summed E-state index contributed by atoms with van der Waals surface area (Å²) in [6, 6.07) is 35.6. The summed E-state index contributed by atoms with van der Waals surface area (Å²) in [6.07, 6.45) is 8.47. The van der Waals surface area contributed by atoms with Crippen LogP contribution in [-0.2, 0) is 15.6 Å². The molecular formula is C67H64N6O3. The van der Waals surface area contributed by atoms with Crippen LogP contribution in [0.25, 0.3) is 113 Å². The molecule has 8 bridgehead atoms. The van der Waals surface area contributed by atoms with Gasteiger partial charge in [0.1, 0.15) is 11.6 Å². The van der Waals surface area contributed by atoms with Gasteiger partial charge < -0.3 is 24.8 Å². The average molecular weight is 1000 g/mol. The fourth-order valence-corrected chi connectivity index (χ4v) is 11.5. The zero-order valence-corrected chi connectivity index (χ0v) is 45.7. The van der Waals surface area contributed by atoms with E-state index in [4.69, 9.17) is 19.7 Å². The van der Waals surface area contributed by atoms with Gasteiger partial charge in [-0.15, -0.1) is 0 Å². The first-order chi connectivity index (χ1) is 36.1. The average Bonchev–Trinajstić information content (AvgIpc) is 4.25. The van der Waals surface area contributed by atoms with Crippen molar-refractivity contribution in [1.29, 1.82) is 0 Å². The lowest BCUT2D eigenvalue weighted by Gasteiger charge is -2.27. The van der Waals surface area contributed by atoms with E-state index in [1.165, 1.54) is 18.2 Å². The Balaban J connectivity index is 1.25. The number of phenolic OH excluding ortho intramolecular Hbond substituents is 1. The van der Waals surface area contributed by atoms with E-state index >= 15 is 0 Å². The molecule has 5 aromatic carbocycles. The molecule has 0 amide bonds. The summed E-state index contributed by atoms with van der Waals surface area (Å²) in [5.74, 6) is 0.450. The number of hydrogen-bond acceptors (Lipinski definition) is 6. The number of aromatic hydroxyl groups is 1. The number of ether oxygens (including phenoxy) is 1. The van der Waals surface area contributed by atoms with Crippen molar-refractivity contribution in [2.24, 2.45) is 0 Å². The summed E-state index contributed by atoms with van der Waals surface area (Å²) >= 11 is 0. The summed E-state index contributed by atoms with van der Waals surface area (Å²) in [7, 11) is 1.40. The van der Waals surface area contributed by atoms with Crippen molar-refractivity contribution in [2.75, 3.05) is 7.11 Å². The fraction of sp³-hybridized carbons (Fsp3) is 0.224. The third kappa shape index (κ3) is 8.73. The zero-order chi connectivity index (χ0) is 53.7. The van der Waals surface area contributed by atoms with E-state index in [-0.39, 0.29) is 16.6 Å². The fourth-order valence-electron chi connectivity index (χ4n) is 11.5. The van der Waals surface area contributed by atoms with E-state index in [1.54, 1.807) is 12.1 Å². The summed E-state index contributed by atoms with van der Waals surface area (Å²) in [5.41, 5.74) is 25.8. The molecule has 0 radical (unpaired) electrons. The van der Waals surface area contributed by atoms with Crippen LogP contribution in [0.3, 0.4) is 0 Å². The monoisotopic (exact) mass is 1000 g/mol. The highest BCUT2D eigenvalue weighted by atomic mass is 16.5. The number of nitrogens with zero attached hydrogens (tertiary/aromatic N) is 3. The van der Waals surface area contributed by atoms with Crippen LogP contribution in [0.15, 0.2) is 103 Å². The number of methoxy groups -OCH3 is 1. The SMILES string of the molecule is COC(=O)c1ccc(-c2c3nc(c(-c4c(C)cc(C)cc4C)c4ccc([nH]4)c(-c4ccc5[nH]c(-c6cc(C(C)(C)C)cc(C(C)(C)C)c6O)nc5c4)c4nc(c(-c5c(C)cc(C)cc5C)c5ccc2[nH]5)C=C4)C=C3)cc1. The number of esters is 1. The van der Waals surface area contributed by atoms with Gasteiger partial charge in [-0.05, 0) is 181 Å². The van der Waals surface area contributed by atoms with E-state index in [1.807, 2.05) is 12.1 Å². The van der Waals surface area contributed by atoms with Gasteiger partial charge in [-0.3, -0.25) is 0 Å². The van der Waals surface area contributed by atoms with Gasteiger partial charge in [-0.25, -0.2) is 19.7 Å². The largest absolute Gasteiger partial charge is 0.507 e. The molecule has 0 saturated carbocycles. The minimum absolute atomic E-state index is 0.155. The Morgan fingerprint density at radius 3 is 1.37 bits per heavy atom. The van der Waals surface area contributed by atoms with Crippen LogP contribution in [0.4, 0.5) is 0 Å². The Labute approximate surface area is 444 Å². The molecule has 0 aliphatic carbocycles. The number of hydrogen-bond donors (Lipinski definition) is 4. The standard InChI is InChI=1S/C67H64N6O3/c1-35-28-37(3)57(38(4)29-35)61-52-24-20-48(68-52)59(41-14-16-42(17-15-41)65(75)76-13)49-21-25-53(69-49)62(58-39(5)30-36(2)31-40(58)6)55-27-23-51(71-55)60(50-22-26-54(61)70-50)43-18-19-47-56(32-43)73-64(72-47)45-33-44(66(7,8)9)34-46(63(45)74)67(10,11)12/h14-34,68,71,74H,1-13H3,(H,72,73). The topological polar surface area (TPSA) is 133 Å². The number of nitrogens with one attached hydrogen (secondary N) is 3. The van der Waals surface area contributed by atoms with Gasteiger partial charge in [0.05, 0.1) is 52.0 Å². The van der Waals surface area contributed by atoms with Gasteiger partial charge in [0.15, 0.2) is 0 Å². The number of rotatable bonds is 6. The number of benzene rings is 5. The maximum Gasteiger partial charge on any atom is 0.337 e. The van der Waals surface area contributed by atoms with Crippen LogP contribution < -0.4 is 0 Å². The molecule has 0 atom stereocenters. The van der Waals surface area contributed by atoms with Crippen molar-refractivity contribution < 1.29 is 14.6 Å². The second-order valence-corrected chi connectivity index (χ2v) is 22.9. The third-order valence-electron chi connectivity index (χ3n) is 15.0. The predicted molar refractivity (Wildman–Crippen MR) is 315 cm³/mol. The molecule has 9 heteroatoms. The lowest BCUT2D eigenvalue weighted by molar-refractivity contribution is 0.0600. The molecule has 6 heterocycles. The van der Waals surface area contributed by atoms with E-state index in [2.05, 4.69) is 201 Å². The maximum absolute atomic E-state index is 12.7. The number of fused-ring (bicyclic) bond motifs is 9. The molecule has 0 fully saturated rings. The van der Waals surface area contributed by atoms with Gasteiger partial charge in [0.25, 0.3) is 0 Å². The first-order valence-corrected chi connectivity index (χ1v) is 26.0. The zero-order valence-electron chi connectivity index (χ0n) is 45.7. The van der Waals surface area contributed by atoms with Gasteiger partial charge >= 0.3 is 5.97 Å². The third-order valence-corrected chi connectivity index (χ3v) is 15.0. The number of carbonyl (C=O) groups is 1.